The summed E-state index contributed by atoms with van der Waals surface area (Å²) in [6, 6.07) is 16.3. The van der Waals surface area contributed by atoms with E-state index in [1.165, 1.54) is 5.56 Å². The van der Waals surface area contributed by atoms with Gasteiger partial charge < -0.3 is 14.2 Å². The zero-order valence-electron chi connectivity index (χ0n) is 18.4. The highest BCUT2D eigenvalue weighted by Crippen LogP contribution is 2.34. The molecule has 1 amide bonds. The number of carbonyl (C=O) groups is 1. The number of methoxy groups -OCH3 is 1. The minimum Gasteiger partial charge on any atom is -0.497 e. The summed E-state index contributed by atoms with van der Waals surface area (Å²) in [4.78, 5) is 19.4. The number of ether oxygens (including phenoxy) is 1. The third kappa shape index (κ3) is 4.79. The van der Waals surface area contributed by atoms with Crippen LogP contribution in [-0.2, 0) is 11.2 Å². The Bertz CT molecular complexity index is 1030. The molecule has 1 saturated heterocycles. The van der Waals surface area contributed by atoms with Crippen molar-refractivity contribution in [3.63, 3.8) is 0 Å². The number of carbonyl (C=O) groups excluding carboxylic acids is 1. The Morgan fingerprint density at radius 3 is 2.77 bits per heavy atom. The molecule has 1 aliphatic rings. The summed E-state index contributed by atoms with van der Waals surface area (Å²) in [5, 5.41) is 4.09. The second-order valence-electron chi connectivity index (χ2n) is 8.31. The standard InChI is InChI=1S/C25H29N3O3/c1-17(2)18-9-11-19(12-10-18)25-26-23(31-27-25)13-14-24(29)28-15-5-8-22(28)20-6-4-7-21(16-20)30-3/h4,6-7,9-12,16-17,22H,5,8,13-15H2,1-3H3. The SMILES string of the molecule is COc1cccc(C2CCCN2C(=O)CCc2nc(-c3ccc(C(C)C)cc3)no2)c1. The van der Waals surface area contributed by atoms with E-state index in [4.69, 9.17) is 9.26 Å². The van der Waals surface area contributed by atoms with Crippen molar-refractivity contribution in [2.24, 2.45) is 0 Å². The van der Waals surface area contributed by atoms with Crippen LogP contribution in [0.1, 0.15) is 62.1 Å². The van der Waals surface area contributed by atoms with Gasteiger partial charge in [-0.2, -0.15) is 4.98 Å². The Morgan fingerprint density at radius 2 is 2.03 bits per heavy atom. The Morgan fingerprint density at radius 1 is 1.23 bits per heavy atom. The number of likely N-dealkylation sites (tertiary alicyclic amines) is 1. The van der Waals surface area contributed by atoms with E-state index in [-0.39, 0.29) is 11.9 Å². The Labute approximate surface area is 183 Å². The van der Waals surface area contributed by atoms with Crippen LogP contribution < -0.4 is 4.74 Å². The second-order valence-corrected chi connectivity index (χ2v) is 8.31. The molecule has 0 aliphatic carbocycles. The van der Waals surface area contributed by atoms with Crippen LogP contribution in [0.25, 0.3) is 11.4 Å². The molecule has 3 aromatic rings. The van der Waals surface area contributed by atoms with E-state index in [0.717, 1.165) is 36.3 Å². The Hall–Kier alpha value is -3.15. The number of benzene rings is 2. The topological polar surface area (TPSA) is 68.5 Å². The van der Waals surface area contributed by atoms with E-state index in [0.29, 0.717) is 30.5 Å². The monoisotopic (exact) mass is 419 g/mol. The van der Waals surface area contributed by atoms with Gasteiger partial charge in [0, 0.05) is 24.9 Å². The fourth-order valence-corrected chi connectivity index (χ4v) is 4.11. The highest BCUT2D eigenvalue weighted by atomic mass is 16.5. The lowest BCUT2D eigenvalue weighted by Gasteiger charge is -2.25. The summed E-state index contributed by atoms with van der Waals surface area (Å²) in [6.07, 6.45) is 2.77. The summed E-state index contributed by atoms with van der Waals surface area (Å²) in [5.41, 5.74) is 3.31. The molecule has 1 atom stereocenters. The van der Waals surface area contributed by atoms with Crippen molar-refractivity contribution >= 4 is 5.91 Å². The summed E-state index contributed by atoms with van der Waals surface area (Å²) in [7, 11) is 1.66. The summed E-state index contributed by atoms with van der Waals surface area (Å²) >= 11 is 0. The van der Waals surface area contributed by atoms with E-state index >= 15 is 0 Å². The molecule has 162 valence electrons. The highest BCUT2D eigenvalue weighted by Gasteiger charge is 2.30. The van der Waals surface area contributed by atoms with Gasteiger partial charge in [-0.1, -0.05) is 55.4 Å². The van der Waals surface area contributed by atoms with Crippen LogP contribution >= 0.6 is 0 Å². The number of nitrogens with zero attached hydrogens (tertiary/aromatic N) is 3. The van der Waals surface area contributed by atoms with Crippen molar-refractivity contribution in [3.8, 4) is 17.1 Å². The quantitative estimate of drug-likeness (QED) is 0.529. The molecule has 0 N–H and O–H groups in total. The van der Waals surface area contributed by atoms with Crippen molar-refractivity contribution in [2.45, 2.75) is 51.5 Å². The van der Waals surface area contributed by atoms with Crippen LogP contribution in [0.2, 0.25) is 0 Å². The molecule has 6 heteroatoms. The molecule has 2 heterocycles. The molecule has 1 fully saturated rings. The molecular weight excluding hydrogens is 390 g/mol. The lowest BCUT2D eigenvalue weighted by molar-refractivity contribution is -0.132. The van der Waals surface area contributed by atoms with Crippen molar-refractivity contribution in [3.05, 3.63) is 65.5 Å². The van der Waals surface area contributed by atoms with Crippen molar-refractivity contribution < 1.29 is 14.1 Å². The molecule has 0 radical (unpaired) electrons. The smallest absolute Gasteiger partial charge is 0.227 e. The molecule has 2 aromatic carbocycles. The molecule has 1 unspecified atom stereocenters. The molecule has 0 saturated carbocycles. The van der Waals surface area contributed by atoms with Gasteiger partial charge in [-0.25, -0.2) is 0 Å². The van der Waals surface area contributed by atoms with Gasteiger partial charge in [0.1, 0.15) is 5.75 Å². The number of hydrogen-bond acceptors (Lipinski definition) is 5. The largest absolute Gasteiger partial charge is 0.497 e. The first-order valence-corrected chi connectivity index (χ1v) is 10.9. The van der Waals surface area contributed by atoms with E-state index < -0.39 is 0 Å². The molecule has 31 heavy (non-hydrogen) atoms. The van der Waals surface area contributed by atoms with Crippen LogP contribution in [-0.4, -0.2) is 34.6 Å². The fourth-order valence-electron chi connectivity index (χ4n) is 4.11. The maximum absolute atomic E-state index is 12.9. The Kier molecular flexibility index (Phi) is 6.35. The molecular formula is C25H29N3O3. The average Bonchev–Trinajstić information content (AvgIpc) is 3.47. The van der Waals surface area contributed by atoms with Crippen molar-refractivity contribution in [1.82, 2.24) is 15.0 Å². The number of rotatable bonds is 7. The molecule has 0 bridgehead atoms. The van der Waals surface area contributed by atoms with Crippen LogP contribution in [0.15, 0.2) is 53.1 Å². The lowest BCUT2D eigenvalue weighted by Crippen LogP contribution is -2.30. The Balaban J connectivity index is 1.38. The zero-order valence-corrected chi connectivity index (χ0v) is 18.4. The number of amides is 1. The number of aromatic nitrogens is 2. The first-order chi connectivity index (χ1) is 15.0. The molecule has 6 nitrogen and oxygen atoms in total. The van der Waals surface area contributed by atoms with Crippen molar-refractivity contribution in [2.75, 3.05) is 13.7 Å². The van der Waals surface area contributed by atoms with Crippen molar-refractivity contribution in [1.29, 1.82) is 0 Å². The third-order valence-corrected chi connectivity index (χ3v) is 5.91. The van der Waals surface area contributed by atoms with Gasteiger partial charge in [-0.15, -0.1) is 0 Å². The highest BCUT2D eigenvalue weighted by molar-refractivity contribution is 5.77. The molecule has 1 aromatic heterocycles. The molecule has 1 aliphatic heterocycles. The lowest BCUT2D eigenvalue weighted by atomic mass is 10.0. The molecule has 0 spiro atoms. The first-order valence-electron chi connectivity index (χ1n) is 10.9. The third-order valence-electron chi connectivity index (χ3n) is 5.91. The average molecular weight is 420 g/mol. The first kappa shape index (κ1) is 21.1. The predicted molar refractivity (Wildman–Crippen MR) is 119 cm³/mol. The summed E-state index contributed by atoms with van der Waals surface area (Å²) < 4.78 is 10.7. The number of hydrogen-bond donors (Lipinski definition) is 0. The van der Waals surface area contributed by atoms with E-state index in [9.17, 15) is 4.79 Å². The van der Waals surface area contributed by atoms with E-state index in [1.807, 2.05) is 35.2 Å². The second kappa shape index (κ2) is 9.33. The minimum atomic E-state index is 0.0975. The summed E-state index contributed by atoms with van der Waals surface area (Å²) in [6.45, 7) is 5.10. The van der Waals surface area contributed by atoms with Crippen LogP contribution in [0, 0.1) is 0 Å². The maximum Gasteiger partial charge on any atom is 0.227 e. The van der Waals surface area contributed by atoms with Gasteiger partial charge in [0.25, 0.3) is 0 Å². The normalized spacial score (nSPS) is 16.1. The van der Waals surface area contributed by atoms with E-state index in [1.54, 1.807) is 7.11 Å². The van der Waals surface area contributed by atoms with Gasteiger partial charge in [-0.05, 0) is 42.0 Å². The van der Waals surface area contributed by atoms with Crippen LogP contribution in [0.4, 0.5) is 0 Å². The van der Waals surface area contributed by atoms with Gasteiger partial charge in [0.05, 0.1) is 13.2 Å². The fraction of sp³-hybridized carbons (Fsp3) is 0.400. The number of aryl methyl sites for hydroxylation is 1. The molecule has 4 rings (SSSR count). The summed E-state index contributed by atoms with van der Waals surface area (Å²) in [5.74, 6) is 2.47. The van der Waals surface area contributed by atoms with Crippen LogP contribution in [0.3, 0.4) is 0 Å². The van der Waals surface area contributed by atoms with Gasteiger partial charge in [-0.3, -0.25) is 4.79 Å². The van der Waals surface area contributed by atoms with Gasteiger partial charge >= 0.3 is 0 Å². The minimum absolute atomic E-state index is 0.0975. The van der Waals surface area contributed by atoms with E-state index in [2.05, 4.69) is 42.2 Å². The zero-order chi connectivity index (χ0) is 21.8. The van der Waals surface area contributed by atoms with Gasteiger partial charge in [0.2, 0.25) is 17.6 Å². The van der Waals surface area contributed by atoms with Crippen LogP contribution in [0.5, 0.6) is 5.75 Å². The van der Waals surface area contributed by atoms with Gasteiger partial charge in [0.15, 0.2) is 0 Å². The predicted octanol–water partition coefficient (Wildman–Crippen LogP) is 5.16. The maximum atomic E-state index is 12.9.